The minimum absolute atomic E-state index is 0.164. The summed E-state index contributed by atoms with van der Waals surface area (Å²) in [6.45, 7) is 9.57. The van der Waals surface area contributed by atoms with Gasteiger partial charge in [-0.3, -0.25) is 0 Å². The molecule has 1 nitrogen and oxygen atoms in total. The van der Waals surface area contributed by atoms with Crippen molar-refractivity contribution in [3.05, 3.63) is 35.6 Å². The molecule has 0 saturated carbocycles. The minimum atomic E-state index is -0.164. The number of halogens is 1. The van der Waals surface area contributed by atoms with Crippen LogP contribution in [-0.2, 0) is 6.54 Å². The third kappa shape index (κ3) is 3.93. The Bertz CT molecular complexity index is 328. The van der Waals surface area contributed by atoms with Crippen LogP contribution in [0.25, 0.3) is 0 Å². The molecule has 16 heavy (non-hydrogen) atoms. The van der Waals surface area contributed by atoms with Crippen molar-refractivity contribution >= 4 is 0 Å². The maximum Gasteiger partial charge on any atom is 0.123 e. The first-order valence-electron chi connectivity index (χ1n) is 5.91. The Hall–Kier alpha value is -0.890. The molecule has 0 aliphatic carbocycles. The van der Waals surface area contributed by atoms with Gasteiger partial charge in [0, 0.05) is 12.6 Å². The summed E-state index contributed by atoms with van der Waals surface area (Å²) < 4.78 is 13.0. The quantitative estimate of drug-likeness (QED) is 0.820. The standard InChI is InChI=1S/C14H22FN/c1-5-13(14(2,3)4)16-10-11-7-6-8-12(15)9-11/h6-9,13,16H,5,10H2,1-4H3. The molecule has 0 aliphatic rings. The van der Waals surface area contributed by atoms with E-state index in [1.807, 2.05) is 6.07 Å². The van der Waals surface area contributed by atoms with Crippen LogP contribution in [0.3, 0.4) is 0 Å². The molecule has 0 heterocycles. The Balaban J connectivity index is 2.56. The van der Waals surface area contributed by atoms with Crippen molar-refractivity contribution in [1.82, 2.24) is 5.32 Å². The van der Waals surface area contributed by atoms with Gasteiger partial charge in [0.15, 0.2) is 0 Å². The zero-order valence-corrected chi connectivity index (χ0v) is 10.7. The molecule has 1 N–H and O–H groups in total. The van der Waals surface area contributed by atoms with Crippen LogP contribution >= 0.6 is 0 Å². The fourth-order valence-electron chi connectivity index (χ4n) is 1.95. The first-order valence-corrected chi connectivity index (χ1v) is 5.91. The number of nitrogens with one attached hydrogen (secondary N) is 1. The summed E-state index contributed by atoms with van der Waals surface area (Å²) in [6, 6.07) is 7.22. The Morgan fingerprint density at radius 1 is 1.31 bits per heavy atom. The third-order valence-corrected chi connectivity index (χ3v) is 2.90. The molecule has 1 aromatic carbocycles. The third-order valence-electron chi connectivity index (χ3n) is 2.90. The lowest BCUT2D eigenvalue weighted by Gasteiger charge is -2.30. The molecule has 0 amide bonds. The molecule has 90 valence electrons. The fraction of sp³-hybridized carbons (Fsp3) is 0.571. The van der Waals surface area contributed by atoms with Gasteiger partial charge in [-0.05, 0) is 29.5 Å². The molecule has 0 radical (unpaired) electrons. The first kappa shape index (κ1) is 13.2. The SMILES string of the molecule is CCC(NCc1cccc(F)c1)C(C)(C)C. The predicted molar refractivity (Wildman–Crippen MR) is 66.8 cm³/mol. The van der Waals surface area contributed by atoms with Crippen LogP contribution in [0.5, 0.6) is 0 Å². The van der Waals surface area contributed by atoms with Gasteiger partial charge in [-0.2, -0.15) is 0 Å². The Morgan fingerprint density at radius 2 is 2.00 bits per heavy atom. The van der Waals surface area contributed by atoms with Crippen LogP contribution in [0.2, 0.25) is 0 Å². The molecular formula is C14H22FN. The van der Waals surface area contributed by atoms with Gasteiger partial charge in [0.2, 0.25) is 0 Å². The van der Waals surface area contributed by atoms with Crippen LogP contribution in [-0.4, -0.2) is 6.04 Å². The summed E-state index contributed by atoms with van der Waals surface area (Å²) in [6.07, 6.45) is 1.08. The van der Waals surface area contributed by atoms with Crippen LogP contribution < -0.4 is 5.32 Å². The number of rotatable bonds is 4. The van der Waals surface area contributed by atoms with Crippen molar-refractivity contribution in [2.45, 2.75) is 46.7 Å². The number of benzene rings is 1. The molecule has 1 rings (SSSR count). The Kier molecular flexibility index (Phi) is 4.48. The van der Waals surface area contributed by atoms with E-state index in [4.69, 9.17) is 0 Å². The molecule has 0 aromatic heterocycles. The normalized spacial score (nSPS) is 13.8. The summed E-state index contributed by atoms with van der Waals surface area (Å²) in [5.74, 6) is -0.164. The van der Waals surface area contributed by atoms with Crippen LogP contribution in [0.4, 0.5) is 4.39 Å². The highest BCUT2D eigenvalue weighted by Crippen LogP contribution is 2.21. The molecule has 0 fully saturated rings. The summed E-state index contributed by atoms with van der Waals surface area (Å²) >= 11 is 0. The first-order chi connectivity index (χ1) is 7.43. The van der Waals surface area contributed by atoms with Gasteiger partial charge >= 0.3 is 0 Å². The van der Waals surface area contributed by atoms with Gasteiger partial charge < -0.3 is 5.32 Å². The largest absolute Gasteiger partial charge is 0.309 e. The van der Waals surface area contributed by atoms with Crippen molar-refractivity contribution in [3.8, 4) is 0 Å². The lowest BCUT2D eigenvalue weighted by Crippen LogP contribution is -2.39. The zero-order chi connectivity index (χ0) is 12.2. The lowest BCUT2D eigenvalue weighted by atomic mass is 9.85. The Labute approximate surface area is 98.1 Å². The minimum Gasteiger partial charge on any atom is -0.309 e. The van der Waals surface area contributed by atoms with E-state index in [-0.39, 0.29) is 11.2 Å². The van der Waals surface area contributed by atoms with E-state index in [9.17, 15) is 4.39 Å². The van der Waals surface area contributed by atoms with Crippen molar-refractivity contribution in [1.29, 1.82) is 0 Å². The number of hydrogen-bond acceptors (Lipinski definition) is 1. The van der Waals surface area contributed by atoms with Gasteiger partial charge in [0.1, 0.15) is 5.82 Å². The van der Waals surface area contributed by atoms with Gasteiger partial charge in [-0.25, -0.2) is 4.39 Å². The van der Waals surface area contributed by atoms with Crippen LogP contribution in [0.1, 0.15) is 39.7 Å². The highest BCUT2D eigenvalue weighted by atomic mass is 19.1. The molecule has 1 atom stereocenters. The molecule has 0 aliphatic heterocycles. The van der Waals surface area contributed by atoms with Gasteiger partial charge in [-0.15, -0.1) is 0 Å². The molecule has 0 saturated heterocycles. The summed E-state index contributed by atoms with van der Waals surface area (Å²) in [7, 11) is 0. The van der Waals surface area contributed by atoms with E-state index in [1.54, 1.807) is 12.1 Å². The molecule has 2 heteroatoms. The van der Waals surface area contributed by atoms with Gasteiger partial charge in [0.25, 0.3) is 0 Å². The molecule has 1 aromatic rings. The predicted octanol–water partition coefficient (Wildman–Crippen LogP) is 3.74. The highest BCUT2D eigenvalue weighted by Gasteiger charge is 2.21. The average molecular weight is 223 g/mol. The van der Waals surface area contributed by atoms with Crippen molar-refractivity contribution in [2.75, 3.05) is 0 Å². The molecular weight excluding hydrogens is 201 g/mol. The second-order valence-corrected chi connectivity index (χ2v) is 5.34. The second-order valence-electron chi connectivity index (χ2n) is 5.34. The van der Waals surface area contributed by atoms with Crippen LogP contribution in [0.15, 0.2) is 24.3 Å². The van der Waals surface area contributed by atoms with Crippen LogP contribution in [0, 0.1) is 11.2 Å². The monoisotopic (exact) mass is 223 g/mol. The van der Waals surface area contributed by atoms with Gasteiger partial charge in [0.05, 0.1) is 0 Å². The van der Waals surface area contributed by atoms with Crippen molar-refractivity contribution < 1.29 is 4.39 Å². The van der Waals surface area contributed by atoms with Crippen molar-refractivity contribution in [3.63, 3.8) is 0 Å². The lowest BCUT2D eigenvalue weighted by molar-refractivity contribution is 0.259. The summed E-state index contributed by atoms with van der Waals surface area (Å²) in [4.78, 5) is 0. The van der Waals surface area contributed by atoms with Crippen molar-refractivity contribution in [2.24, 2.45) is 5.41 Å². The van der Waals surface area contributed by atoms with E-state index in [0.717, 1.165) is 18.5 Å². The van der Waals surface area contributed by atoms with E-state index in [0.29, 0.717) is 6.04 Å². The smallest absolute Gasteiger partial charge is 0.123 e. The maximum absolute atomic E-state index is 13.0. The van der Waals surface area contributed by atoms with E-state index in [2.05, 4.69) is 33.0 Å². The van der Waals surface area contributed by atoms with E-state index < -0.39 is 0 Å². The maximum atomic E-state index is 13.0. The zero-order valence-electron chi connectivity index (χ0n) is 10.7. The average Bonchev–Trinajstić information content (AvgIpc) is 2.16. The highest BCUT2D eigenvalue weighted by molar-refractivity contribution is 5.16. The van der Waals surface area contributed by atoms with Gasteiger partial charge in [-0.1, -0.05) is 39.8 Å². The fourth-order valence-corrected chi connectivity index (χ4v) is 1.95. The molecule has 0 bridgehead atoms. The Morgan fingerprint density at radius 3 is 2.50 bits per heavy atom. The van der Waals surface area contributed by atoms with E-state index >= 15 is 0 Å². The summed E-state index contributed by atoms with van der Waals surface area (Å²) in [5, 5.41) is 3.49. The number of hydrogen-bond donors (Lipinski definition) is 1. The second kappa shape index (κ2) is 5.44. The van der Waals surface area contributed by atoms with E-state index in [1.165, 1.54) is 6.07 Å². The molecule has 1 unspecified atom stereocenters. The topological polar surface area (TPSA) is 12.0 Å². The molecule has 0 spiro atoms. The summed E-state index contributed by atoms with van der Waals surface area (Å²) in [5.41, 5.74) is 1.24.